The number of morpholine rings is 2. The Labute approximate surface area is 220 Å². The molecule has 3 fully saturated rings. The van der Waals surface area contributed by atoms with E-state index in [2.05, 4.69) is 31.2 Å². The molecule has 200 valence electrons. The van der Waals surface area contributed by atoms with Gasteiger partial charge in [-0.2, -0.15) is 0 Å². The number of anilines is 1. The molecule has 3 saturated heterocycles. The molecule has 10 nitrogen and oxygen atoms in total. The molecule has 1 atom stereocenters. The fourth-order valence-electron chi connectivity index (χ4n) is 6.08. The molecular formula is C27H33FN8O2. The first-order valence-electron chi connectivity index (χ1n) is 13.6. The van der Waals surface area contributed by atoms with Gasteiger partial charge in [-0.15, -0.1) is 0 Å². The van der Waals surface area contributed by atoms with Crippen LogP contribution in [-0.4, -0.2) is 106 Å². The van der Waals surface area contributed by atoms with Crippen LogP contribution in [0.5, 0.6) is 0 Å². The Morgan fingerprint density at radius 3 is 2.74 bits per heavy atom. The Morgan fingerprint density at radius 1 is 1.00 bits per heavy atom. The molecule has 1 unspecified atom stereocenters. The van der Waals surface area contributed by atoms with Gasteiger partial charge in [0.15, 0.2) is 22.8 Å². The van der Waals surface area contributed by atoms with Crippen molar-refractivity contribution in [2.75, 3.05) is 70.6 Å². The quantitative estimate of drug-likeness (QED) is 0.430. The fourth-order valence-corrected chi connectivity index (χ4v) is 6.08. The number of nitrogens with one attached hydrogen (secondary N) is 1. The van der Waals surface area contributed by atoms with Gasteiger partial charge in [-0.1, -0.05) is 0 Å². The van der Waals surface area contributed by atoms with E-state index >= 15 is 4.39 Å². The van der Waals surface area contributed by atoms with Crippen molar-refractivity contribution in [3.8, 4) is 11.4 Å². The third-order valence-corrected chi connectivity index (χ3v) is 8.08. The standard InChI is InChI=1S/C27H33FN8O2/c1-2-36-22(16-33-7-8-34-9-14-38-17-18(34)15-33)30-24-26(35-10-12-37-13-11-35)31-25(32-27(24)36)23-19-5-6-29-21(19)4-3-20(23)28/h3-6,18,29H,2,7-17H2,1H3. The van der Waals surface area contributed by atoms with Crippen LogP contribution in [-0.2, 0) is 22.6 Å². The lowest BCUT2D eigenvalue weighted by Crippen LogP contribution is -2.57. The number of hydrogen-bond acceptors (Lipinski definition) is 8. The van der Waals surface area contributed by atoms with Gasteiger partial charge in [-0.25, -0.2) is 19.3 Å². The summed E-state index contributed by atoms with van der Waals surface area (Å²) in [5.74, 6) is 1.77. The normalized spacial score (nSPS) is 21.4. The highest BCUT2D eigenvalue weighted by Gasteiger charge is 2.31. The number of imidazole rings is 1. The van der Waals surface area contributed by atoms with E-state index in [1.165, 1.54) is 6.07 Å². The third-order valence-electron chi connectivity index (χ3n) is 8.08. The van der Waals surface area contributed by atoms with Crippen LogP contribution in [0.3, 0.4) is 0 Å². The average molecular weight is 521 g/mol. The molecule has 4 aromatic rings. The topological polar surface area (TPSA) is 87.6 Å². The van der Waals surface area contributed by atoms with Gasteiger partial charge in [-0.3, -0.25) is 9.80 Å². The van der Waals surface area contributed by atoms with Gasteiger partial charge < -0.3 is 23.9 Å². The number of benzene rings is 1. The number of rotatable bonds is 5. The van der Waals surface area contributed by atoms with Crippen molar-refractivity contribution in [3.05, 3.63) is 36.0 Å². The lowest BCUT2D eigenvalue weighted by Gasteiger charge is -2.43. The van der Waals surface area contributed by atoms with Gasteiger partial charge in [0, 0.05) is 69.0 Å². The average Bonchev–Trinajstić information content (AvgIpc) is 3.57. The van der Waals surface area contributed by atoms with E-state index in [1.807, 2.05) is 12.3 Å². The molecule has 3 aliphatic heterocycles. The van der Waals surface area contributed by atoms with E-state index in [1.54, 1.807) is 6.07 Å². The molecule has 0 saturated carbocycles. The Bertz CT molecular complexity index is 1460. The first kappa shape index (κ1) is 24.0. The van der Waals surface area contributed by atoms with Gasteiger partial charge in [0.25, 0.3) is 0 Å². The number of H-pyrrole nitrogens is 1. The van der Waals surface area contributed by atoms with Crippen LogP contribution >= 0.6 is 0 Å². The van der Waals surface area contributed by atoms with Crippen molar-refractivity contribution in [2.45, 2.75) is 26.1 Å². The summed E-state index contributed by atoms with van der Waals surface area (Å²) in [4.78, 5) is 25.4. The van der Waals surface area contributed by atoms with Gasteiger partial charge in [0.1, 0.15) is 11.6 Å². The van der Waals surface area contributed by atoms with E-state index in [0.29, 0.717) is 50.3 Å². The number of nitrogens with zero attached hydrogens (tertiary/aromatic N) is 7. The summed E-state index contributed by atoms with van der Waals surface area (Å²) in [5, 5.41) is 0.771. The van der Waals surface area contributed by atoms with E-state index in [-0.39, 0.29) is 5.82 Å². The van der Waals surface area contributed by atoms with E-state index in [0.717, 1.165) is 79.6 Å². The highest BCUT2D eigenvalue weighted by Crippen LogP contribution is 2.34. The minimum Gasteiger partial charge on any atom is -0.378 e. The molecule has 0 radical (unpaired) electrons. The van der Waals surface area contributed by atoms with Crippen LogP contribution < -0.4 is 4.90 Å². The number of halogens is 1. The highest BCUT2D eigenvalue weighted by molar-refractivity contribution is 5.95. The maximum Gasteiger partial charge on any atom is 0.167 e. The van der Waals surface area contributed by atoms with Gasteiger partial charge in [0.2, 0.25) is 0 Å². The van der Waals surface area contributed by atoms with Crippen molar-refractivity contribution in [1.29, 1.82) is 0 Å². The monoisotopic (exact) mass is 520 g/mol. The minimum absolute atomic E-state index is 0.334. The van der Waals surface area contributed by atoms with E-state index in [4.69, 9.17) is 24.4 Å². The second-order valence-electron chi connectivity index (χ2n) is 10.3. The largest absolute Gasteiger partial charge is 0.378 e. The van der Waals surface area contributed by atoms with Crippen LogP contribution in [0, 0.1) is 5.82 Å². The Kier molecular flexibility index (Phi) is 6.23. The number of aromatic amines is 1. The smallest absolute Gasteiger partial charge is 0.167 e. The van der Waals surface area contributed by atoms with Crippen LogP contribution in [0.1, 0.15) is 12.7 Å². The van der Waals surface area contributed by atoms with Gasteiger partial charge >= 0.3 is 0 Å². The lowest BCUT2D eigenvalue weighted by molar-refractivity contribution is -0.0467. The molecule has 1 aromatic carbocycles. The van der Waals surface area contributed by atoms with E-state index in [9.17, 15) is 0 Å². The maximum atomic E-state index is 15.3. The number of hydrogen-bond donors (Lipinski definition) is 1. The molecular weight excluding hydrogens is 487 g/mol. The van der Waals surface area contributed by atoms with Gasteiger partial charge in [-0.05, 0) is 25.1 Å². The van der Waals surface area contributed by atoms with E-state index < -0.39 is 0 Å². The maximum absolute atomic E-state index is 15.3. The third kappa shape index (κ3) is 4.14. The molecule has 6 heterocycles. The number of aromatic nitrogens is 5. The minimum atomic E-state index is -0.334. The summed E-state index contributed by atoms with van der Waals surface area (Å²) in [6.45, 7) is 11.8. The number of aryl methyl sites for hydroxylation is 1. The van der Waals surface area contributed by atoms with Gasteiger partial charge in [0.05, 0.1) is 38.5 Å². The molecule has 0 spiro atoms. The molecule has 0 aliphatic carbocycles. The molecule has 1 N–H and O–H groups in total. The molecule has 38 heavy (non-hydrogen) atoms. The number of fused-ring (bicyclic) bond motifs is 3. The van der Waals surface area contributed by atoms with Crippen molar-refractivity contribution in [3.63, 3.8) is 0 Å². The van der Waals surface area contributed by atoms with Crippen molar-refractivity contribution < 1.29 is 13.9 Å². The highest BCUT2D eigenvalue weighted by atomic mass is 19.1. The van der Waals surface area contributed by atoms with Crippen LogP contribution in [0.2, 0.25) is 0 Å². The zero-order valence-corrected chi connectivity index (χ0v) is 21.7. The molecule has 0 amide bonds. The summed E-state index contributed by atoms with van der Waals surface area (Å²) in [6.07, 6.45) is 1.82. The number of piperazine rings is 1. The lowest BCUT2D eigenvalue weighted by atomic mass is 10.1. The Balaban J connectivity index is 1.33. The summed E-state index contributed by atoms with van der Waals surface area (Å²) in [6, 6.07) is 5.54. The first-order valence-corrected chi connectivity index (χ1v) is 13.6. The van der Waals surface area contributed by atoms with Crippen LogP contribution in [0.15, 0.2) is 24.4 Å². The molecule has 7 rings (SSSR count). The van der Waals surface area contributed by atoms with Crippen molar-refractivity contribution in [2.24, 2.45) is 0 Å². The summed E-state index contributed by atoms with van der Waals surface area (Å²) < 4.78 is 28.8. The molecule has 0 bridgehead atoms. The zero-order valence-electron chi connectivity index (χ0n) is 21.7. The predicted octanol–water partition coefficient (Wildman–Crippen LogP) is 2.49. The predicted molar refractivity (Wildman–Crippen MR) is 143 cm³/mol. The Morgan fingerprint density at radius 2 is 1.87 bits per heavy atom. The molecule has 3 aliphatic rings. The second-order valence-corrected chi connectivity index (χ2v) is 10.3. The summed E-state index contributed by atoms with van der Waals surface area (Å²) in [7, 11) is 0. The number of ether oxygens (including phenoxy) is 2. The Hall–Kier alpha value is -3.12. The molecule has 11 heteroatoms. The summed E-state index contributed by atoms with van der Waals surface area (Å²) in [5.41, 5.74) is 2.79. The van der Waals surface area contributed by atoms with Crippen molar-refractivity contribution >= 4 is 27.9 Å². The second kappa shape index (κ2) is 9.88. The fraction of sp³-hybridized carbons (Fsp3) is 0.519. The van der Waals surface area contributed by atoms with Crippen LogP contribution in [0.25, 0.3) is 33.5 Å². The van der Waals surface area contributed by atoms with Crippen LogP contribution in [0.4, 0.5) is 10.2 Å². The zero-order chi connectivity index (χ0) is 25.6. The first-order chi connectivity index (χ1) is 18.7. The molecule has 3 aromatic heterocycles. The summed E-state index contributed by atoms with van der Waals surface area (Å²) >= 11 is 0. The SMILES string of the molecule is CCn1c(CN2CCN3CCOCC3C2)nc2c(N3CCOCC3)nc(-c3c(F)ccc4[nH]ccc34)nc21. The van der Waals surface area contributed by atoms with Crippen molar-refractivity contribution in [1.82, 2.24) is 34.3 Å².